The molecular weight excluding hydrogens is 276 g/mol. The summed E-state index contributed by atoms with van der Waals surface area (Å²) in [5, 5.41) is 0. The minimum atomic E-state index is 0.328. The molecule has 1 aliphatic rings. The van der Waals surface area contributed by atoms with Gasteiger partial charge in [0.25, 0.3) is 0 Å². The van der Waals surface area contributed by atoms with E-state index in [1.54, 1.807) is 11.1 Å². The lowest BCUT2D eigenvalue weighted by molar-refractivity contribution is 0.377. The standard InChI is InChI=1S/C21H32.C2H6/c1-7-17(3)11-9-13-19(8-2)14-15-20-18(4)12-10-16-21(20,5)6;1-2/h7,9,11,13-15H,8,10,12,16H2,1-6H3;1-2H3/b11-9+,15-14+,17-7+,19-13-;. The van der Waals surface area contributed by atoms with Crippen LogP contribution in [0, 0.1) is 5.41 Å². The molecule has 23 heavy (non-hydrogen) atoms. The summed E-state index contributed by atoms with van der Waals surface area (Å²) in [7, 11) is 0. The van der Waals surface area contributed by atoms with Crippen molar-refractivity contribution in [3.05, 3.63) is 58.7 Å². The molecule has 0 aromatic carbocycles. The van der Waals surface area contributed by atoms with Gasteiger partial charge in [0.15, 0.2) is 0 Å². The van der Waals surface area contributed by atoms with Gasteiger partial charge in [-0.1, -0.05) is 82.2 Å². The first-order valence-electron chi connectivity index (χ1n) is 9.29. The number of hydrogen-bond acceptors (Lipinski definition) is 0. The third-order valence-corrected chi connectivity index (χ3v) is 4.54. The fourth-order valence-corrected chi connectivity index (χ4v) is 2.91. The largest absolute Gasteiger partial charge is 0.0847 e. The van der Waals surface area contributed by atoms with E-state index in [1.807, 2.05) is 13.8 Å². The maximum Gasteiger partial charge on any atom is -0.0104 e. The quantitative estimate of drug-likeness (QED) is 0.451. The molecule has 0 fully saturated rings. The zero-order chi connectivity index (χ0) is 17.9. The first-order valence-corrected chi connectivity index (χ1v) is 9.29. The van der Waals surface area contributed by atoms with Gasteiger partial charge in [-0.05, 0) is 63.0 Å². The van der Waals surface area contributed by atoms with E-state index in [4.69, 9.17) is 0 Å². The second kappa shape index (κ2) is 11.3. The third kappa shape index (κ3) is 7.68. The molecule has 1 aliphatic carbocycles. The average Bonchev–Trinajstić information content (AvgIpc) is 2.53. The lowest BCUT2D eigenvalue weighted by atomic mass is 9.72. The highest BCUT2D eigenvalue weighted by atomic mass is 14.3. The van der Waals surface area contributed by atoms with Crippen LogP contribution >= 0.6 is 0 Å². The van der Waals surface area contributed by atoms with Gasteiger partial charge in [0, 0.05) is 0 Å². The molecule has 0 saturated carbocycles. The highest BCUT2D eigenvalue weighted by Crippen LogP contribution is 2.40. The van der Waals surface area contributed by atoms with Crippen molar-refractivity contribution < 1.29 is 0 Å². The Morgan fingerprint density at radius 1 is 1.17 bits per heavy atom. The molecule has 0 amide bonds. The molecule has 0 heterocycles. The van der Waals surface area contributed by atoms with Crippen molar-refractivity contribution in [3.8, 4) is 0 Å². The predicted molar refractivity (Wildman–Crippen MR) is 108 cm³/mol. The van der Waals surface area contributed by atoms with E-state index in [1.165, 1.54) is 30.4 Å². The van der Waals surface area contributed by atoms with Crippen LogP contribution in [-0.4, -0.2) is 0 Å². The van der Waals surface area contributed by atoms with Gasteiger partial charge in [0.2, 0.25) is 0 Å². The highest BCUT2D eigenvalue weighted by molar-refractivity contribution is 5.37. The second-order valence-electron chi connectivity index (χ2n) is 6.75. The lowest BCUT2D eigenvalue weighted by Crippen LogP contribution is -2.19. The molecular formula is C23H38. The fourth-order valence-electron chi connectivity index (χ4n) is 2.91. The van der Waals surface area contributed by atoms with Gasteiger partial charge >= 0.3 is 0 Å². The van der Waals surface area contributed by atoms with Crippen LogP contribution in [0.15, 0.2) is 58.7 Å². The van der Waals surface area contributed by atoms with Gasteiger partial charge in [-0.3, -0.25) is 0 Å². The van der Waals surface area contributed by atoms with Crippen molar-refractivity contribution in [2.45, 2.75) is 81.1 Å². The Labute approximate surface area is 145 Å². The Kier molecular flexibility index (Phi) is 10.6. The summed E-state index contributed by atoms with van der Waals surface area (Å²) in [4.78, 5) is 0. The van der Waals surface area contributed by atoms with E-state index in [0.29, 0.717) is 5.41 Å². The van der Waals surface area contributed by atoms with Gasteiger partial charge in [0.1, 0.15) is 0 Å². The topological polar surface area (TPSA) is 0 Å². The Balaban J connectivity index is 0.00000232. The van der Waals surface area contributed by atoms with Crippen LogP contribution in [0.2, 0.25) is 0 Å². The normalized spacial score (nSPS) is 19.3. The molecule has 0 unspecified atom stereocenters. The van der Waals surface area contributed by atoms with E-state index in [0.717, 1.165) is 6.42 Å². The van der Waals surface area contributed by atoms with E-state index >= 15 is 0 Å². The number of rotatable bonds is 5. The average molecular weight is 315 g/mol. The summed E-state index contributed by atoms with van der Waals surface area (Å²) in [5.41, 5.74) is 6.13. The van der Waals surface area contributed by atoms with Gasteiger partial charge < -0.3 is 0 Å². The van der Waals surface area contributed by atoms with Crippen LogP contribution in [0.3, 0.4) is 0 Å². The van der Waals surface area contributed by atoms with Crippen LogP contribution in [0.4, 0.5) is 0 Å². The number of allylic oxidation sites excluding steroid dienone is 10. The van der Waals surface area contributed by atoms with Crippen LogP contribution in [-0.2, 0) is 0 Å². The van der Waals surface area contributed by atoms with E-state index in [9.17, 15) is 0 Å². The number of hydrogen-bond donors (Lipinski definition) is 0. The summed E-state index contributed by atoms with van der Waals surface area (Å²) < 4.78 is 0. The third-order valence-electron chi connectivity index (χ3n) is 4.54. The highest BCUT2D eigenvalue weighted by Gasteiger charge is 2.26. The van der Waals surface area contributed by atoms with Gasteiger partial charge in [0.05, 0.1) is 0 Å². The summed E-state index contributed by atoms with van der Waals surface area (Å²) >= 11 is 0. The lowest BCUT2D eigenvalue weighted by Gasteiger charge is -2.33. The Morgan fingerprint density at radius 2 is 1.83 bits per heavy atom. The first-order chi connectivity index (χ1) is 10.9. The SMILES string of the molecule is C/C=C(C)/C=C/C=C(\C=C\C1=C(C)CCCC1(C)C)CC.CC. The molecule has 0 aromatic rings. The maximum absolute atomic E-state index is 2.37. The van der Waals surface area contributed by atoms with Crippen LogP contribution < -0.4 is 0 Å². The first kappa shape index (κ1) is 21.7. The monoisotopic (exact) mass is 314 g/mol. The van der Waals surface area contributed by atoms with Crippen LogP contribution in [0.5, 0.6) is 0 Å². The molecule has 1 rings (SSSR count). The van der Waals surface area contributed by atoms with E-state index < -0.39 is 0 Å². The van der Waals surface area contributed by atoms with E-state index in [-0.39, 0.29) is 0 Å². The minimum Gasteiger partial charge on any atom is -0.0847 e. The predicted octanol–water partition coefficient (Wildman–Crippen LogP) is 7.95. The maximum atomic E-state index is 2.37. The molecule has 0 saturated heterocycles. The van der Waals surface area contributed by atoms with Crippen molar-refractivity contribution in [3.63, 3.8) is 0 Å². The van der Waals surface area contributed by atoms with Crippen molar-refractivity contribution in [2.24, 2.45) is 5.41 Å². The summed E-state index contributed by atoms with van der Waals surface area (Å²) in [5.74, 6) is 0. The van der Waals surface area contributed by atoms with Gasteiger partial charge in [-0.15, -0.1) is 0 Å². The van der Waals surface area contributed by atoms with Crippen molar-refractivity contribution in [1.29, 1.82) is 0 Å². The molecule has 0 heteroatoms. The van der Waals surface area contributed by atoms with Crippen molar-refractivity contribution >= 4 is 0 Å². The van der Waals surface area contributed by atoms with Crippen LogP contribution in [0.1, 0.15) is 81.1 Å². The van der Waals surface area contributed by atoms with Gasteiger partial charge in [-0.25, -0.2) is 0 Å². The smallest absolute Gasteiger partial charge is 0.0104 e. The molecule has 0 N–H and O–H groups in total. The molecule has 0 atom stereocenters. The van der Waals surface area contributed by atoms with Crippen molar-refractivity contribution in [2.75, 3.05) is 0 Å². The summed E-state index contributed by atoms with van der Waals surface area (Å²) in [6.45, 7) is 17.5. The Bertz CT molecular complexity index is 490. The molecule has 0 radical (unpaired) electrons. The Morgan fingerprint density at radius 3 is 2.35 bits per heavy atom. The zero-order valence-corrected chi connectivity index (χ0v) is 16.8. The minimum absolute atomic E-state index is 0.328. The molecule has 0 nitrogen and oxygen atoms in total. The van der Waals surface area contributed by atoms with Crippen molar-refractivity contribution in [1.82, 2.24) is 0 Å². The summed E-state index contributed by atoms with van der Waals surface area (Å²) in [6.07, 6.45) is 18.3. The van der Waals surface area contributed by atoms with Gasteiger partial charge in [-0.2, -0.15) is 0 Å². The zero-order valence-electron chi connectivity index (χ0n) is 16.8. The molecule has 130 valence electrons. The molecule has 0 aliphatic heterocycles. The fraction of sp³-hybridized carbons (Fsp3) is 0.565. The molecule has 0 bridgehead atoms. The molecule has 0 aromatic heterocycles. The molecule has 0 spiro atoms. The van der Waals surface area contributed by atoms with E-state index in [2.05, 4.69) is 78.0 Å². The second-order valence-corrected chi connectivity index (χ2v) is 6.75. The van der Waals surface area contributed by atoms with Crippen LogP contribution in [0.25, 0.3) is 0 Å². The summed E-state index contributed by atoms with van der Waals surface area (Å²) in [6, 6.07) is 0. The Hall–Kier alpha value is -1.30.